The van der Waals surface area contributed by atoms with Gasteiger partial charge in [0.05, 0.1) is 0 Å². The van der Waals surface area contributed by atoms with Crippen LogP contribution in [0.15, 0.2) is 12.1 Å². The van der Waals surface area contributed by atoms with Gasteiger partial charge >= 0.3 is 6.18 Å². The summed E-state index contributed by atoms with van der Waals surface area (Å²) in [5.74, 6) is -4.30. The predicted octanol–water partition coefficient (Wildman–Crippen LogP) is 2.57. The molecule has 16 heavy (non-hydrogen) atoms. The molecule has 0 saturated heterocycles. The lowest BCUT2D eigenvalue weighted by Gasteiger charge is -2.14. The maximum absolute atomic E-state index is 12.9. The largest absolute Gasteiger partial charge is 0.414 e. The summed E-state index contributed by atoms with van der Waals surface area (Å²) in [5, 5.41) is 8.62. The van der Waals surface area contributed by atoms with E-state index in [1.807, 2.05) is 0 Å². The van der Waals surface area contributed by atoms with Crippen LogP contribution in [0, 0.1) is 17.5 Å². The van der Waals surface area contributed by atoms with Crippen LogP contribution in [0.1, 0.15) is 5.56 Å². The molecular formula is C9H6F6O. The van der Waals surface area contributed by atoms with Gasteiger partial charge in [-0.05, 0) is 11.6 Å². The second kappa shape index (κ2) is 4.32. The first kappa shape index (κ1) is 12.8. The van der Waals surface area contributed by atoms with E-state index < -0.39 is 41.7 Å². The van der Waals surface area contributed by atoms with Gasteiger partial charge in [0, 0.05) is 12.5 Å². The summed E-state index contributed by atoms with van der Waals surface area (Å²) in [5.41, 5.74) is -0.733. The molecule has 0 aliphatic heterocycles. The zero-order valence-electron chi connectivity index (χ0n) is 7.65. The highest BCUT2D eigenvalue weighted by molar-refractivity contribution is 5.21. The lowest BCUT2D eigenvalue weighted by molar-refractivity contribution is -0.203. The number of aliphatic hydroxyl groups is 1. The molecule has 0 fully saturated rings. The van der Waals surface area contributed by atoms with E-state index in [9.17, 15) is 26.3 Å². The van der Waals surface area contributed by atoms with E-state index in [2.05, 4.69) is 0 Å². The van der Waals surface area contributed by atoms with Crippen molar-refractivity contribution in [3.63, 3.8) is 0 Å². The molecule has 0 bridgehead atoms. The fraction of sp³-hybridized carbons (Fsp3) is 0.333. The van der Waals surface area contributed by atoms with Crippen LogP contribution in [0.2, 0.25) is 0 Å². The van der Waals surface area contributed by atoms with Crippen LogP contribution in [0.25, 0.3) is 0 Å². The number of rotatable bonds is 2. The standard InChI is InChI=1S/C9H6F6O/c10-5-3-7(12)6(11)1-4(5)2-8(16)9(13,14)15/h1,3,8,16H,2H2/t8-/m1/s1. The third-order valence-electron chi connectivity index (χ3n) is 1.88. The highest BCUT2D eigenvalue weighted by Crippen LogP contribution is 2.24. The lowest BCUT2D eigenvalue weighted by Crippen LogP contribution is -2.30. The Morgan fingerprint density at radius 3 is 2.00 bits per heavy atom. The molecule has 7 heteroatoms. The van der Waals surface area contributed by atoms with E-state index in [1.54, 1.807) is 0 Å². The lowest BCUT2D eigenvalue weighted by atomic mass is 10.1. The smallest absolute Gasteiger partial charge is 0.383 e. The van der Waals surface area contributed by atoms with Crippen molar-refractivity contribution < 1.29 is 31.4 Å². The number of halogens is 6. The minimum absolute atomic E-state index is 0.133. The number of hydrogen-bond acceptors (Lipinski definition) is 1. The van der Waals surface area contributed by atoms with Gasteiger partial charge in [-0.15, -0.1) is 0 Å². The van der Waals surface area contributed by atoms with E-state index in [0.29, 0.717) is 6.07 Å². The van der Waals surface area contributed by atoms with Gasteiger partial charge < -0.3 is 5.11 Å². The molecule has 0 heterocycles. The Bertz CT molecular complexity index is 386. The normalized spacial score (nSPS) is 13.9. The van der Waals surface area contributed by atoms with Gasteiger partial charge in [-0.3, -0.25) is 0 Å². The van der Waals surface area contributed by atoms with Crippen molar-refractivity contribution in [1.82, 2.24) is 0 Å². The first-order chi connectivity index (χ1) is 7.21. The Morgan fingerprint density at radius 2 is 1.50 bits per heavy atom. The molecule has 0 radical (unpaired) electrons. The molecule has 1 N–H and O–H groups in total. The summed E-state index contributed by atoms with van der Waals surface area (Å²) in [6, 6.07) is 0.424. The molecule has 0 spiro atoms. The van der Waals surface area contributed by atoms with Crippen LogP contribution in [-0.4, -0.2) is 17.4 Å². The van der Waals surface area contributed by atoms with Gasteiger partial charge in [0.15, 0.2) is 17.7 Å². The maximum Gasteiger partial charge on any atom is 0.414 e. The second-order valence-corrected chi connectivity index (χ2v) is 3.12. The Morgan fingerprint density at radius 1 is 1.00 bits per heavy atom. The highest BCUT2D eigenvalue weighted by atomic mass is 19.4. The van der Waals surface area contributed by atoms with E-state index in [4.69, 9.17) is 5.11 Å². The number of alkyl halides is 3. The molecule has 1 aromatic rings. The van der Waals surface area contributed by atoms with Gasteiger partial charge in [0.2, 0.25) is 0 Å². The van der Waals surface area contributed by atoms with Crippen LogP contribution >= 0.6 is 0 Å². The van der Waals surface area contributed by atoms with Crippen molar-refractivity contribution in [2.75, 3.05) is 0 Å². The van der Waals surface area contributed by atoms with Crippen molar-refractivity contribution in [1.29, 1.82) is 0 Å². The van der Waals surface area contributed by atoms with Crippen molar-refractivity contribution in [2.45, 2.75) is 18.7 Å². The van der Waals surface area contributed by atoms with Crippen molar-refractivity contribution in [3.8, 4) is 0 Å². The van der Waals surface area contributed by atoms with Crippen LogP contribution < -0.4 is 0 Å². The Hall–Kier alpha value is -1.24. The summed E-state index contributed by atoms with van der Waals surface area (Å²) in [6.45, 7) is 0. The fourth-order valence-corrected chi connectivity index (χ4v) is 1.04. The monoisotopic (exact) mass is 244 g/mol. The summed E-state index contributed by atoms with van der Waals surface area (Å²) in [6.07, 6.45) is -8.91. The van der Waals surface area contributed by atoms with Crippen LogP contribution in [-0.2, 0) is 6.42 Å². The van der Waals surface area contributed by atoms with Gasteiger partial charge in [0.1, 0.15) is 5.82 Å². The van der Waals surface area contributed by atoms with Crippen LogP contribution in [0.5, 0.6) is 0 Å². The summed E-state index contributed by atoms with van der Waals surface area (Å²) in [4.78, 5) is 0. The van der Waals surface area contributed by atoms with Crippen molar-refractivity contribution >= 4 is 0 Å². The SMILES string of the molecule is O[C@H](Cc1cc(F)c(F)cc1F)C(F)(F)F. The van der Waals surface area contributed by atoms with Crippen LogP contribution in [0.4, 0.5) is 26.3 Å². The van der Waals surface area contributed by atoms with E-state index in [-0.39, 0.29) is 6.07 Å². The average Bonchev–Trinajstić information content (AvgIpc) is 2.12. The number of hydrogen-bond donors (Lipinski definition) is 1. The number of aliphatic hydroxyl groups excluding tert-OH is 1. The minimum atomic E-state index is -4.93. The van der Waals surface area contributed by atoms with E-state index in [1.165, 1.54) is 0 Å². The molecule has 1 rings (SSSR count). The zero-order chi connectivity index (χ0) is 12.5. The number of benzene rings is 1. The molecule has 1 aromatic carbocycles. The molecule has 0 aliphatic rings. The highest BCUT2D eigenvalue weighted by Gasteiger charge is 2.38. The summed E-state index contributed by atoms with van der Waals surface area (Å²) in [7, 11) is 0. The summed E-state index contributed by atoms with van der Waals surface area (Å²) >= 11 is 0. The molecule has 1 nitrogen and oxygen atoms in total. The molecule has 0 unspecified atom stereocenters. The first-order valence-corrected chi connectivity index (χ1v) is 4.10. The van der Waals surface area contributed by atoms with Gasteiger partial charge in [-0.1, -0.05) is 0 Å². The van der Waals surface area contributed by atoms with Gasteiger partial charge in [0.25, 0.3) is 0 Å². The third kappa shape index (κ3) is 2.88. The summed E-state index contributed by atoms with van der Waals surface area (Å²) < 4.78 is 73.6. The quantitative estimate of drug-likeness (QED) is 0.626. The minimum Gasteiger partial charge on any atom is -0.383 e. The first-order valence-electron chi connectivity index (χ1n) is 4.10. The van der Waals surface area contributed by atoms with Crippen molar-refractivity contribution in [2.24, 2.45) is 0 Å². The van der Waals surface area contributed by atoms with Gasteiger partial charge in [-0.25, -0.2) is 13.2 Å². The van der Waals surface area contributed by atoms with E-state index in [0.717, 1.165) is 0 Å². The average molecular weight is 244 g/mol. The molecular weight excluding hydrogens is 238 g/mol. The predicted molar refractivity (Wildman–Crippen MR) is 42.1 cm³/mol. The van der Waals surface area contributed by atoms with Crippen molar-refractivity contribution in [3.05, 3.63) is 35.1 Å². The Kier molecular flexibility index (Phi) is 3.47. The molecule has 90 valence electrons. The zero-order valence-corrected chi connectivity index (χ0v) is 7.65. The van der Waals surface area contributed by atoms with Gasteiger partial charge in [-0.2, -0.15) is 13.2 Å². The molecule has 0 amide bonds. The second-order valence-electron chi connectivity index (χ2n) is 3.12. The molecule has 0 aliphatic carbocycles. The third-order valence-corrected chi connectivity index (χ3v) is 1.88. The van der Waals surface area contributed by atoms with E-state index >= 15 is 0 Å². The van der Waals surface area contributed by atoms with Crippen LogP contribution in [0.3, 0.4) is 0 Å². The fourth-order valence-electron chi connectivity index (χ4n) is 1.04. The molecule has 0 saturated carbocycles. The Labute approximate surface area is 86.3 Å². The molecule has 0 aromatic heterocycles. The molecule has 1 atom stereocenters. The topological polar surface area (TPSA) is 20.2 Å². The maximum atomic E-state index is 12.9. The Balaban J connectivity index is 2.94.